The second kappa shape index (κ2) is 13.1. The lowest BCUT2D eigenvalue weighted by Gasteiger charge is -2.43. The first kappa shape index (κ1) is 26.5. The molecule has 0 bridgehead atoms. The summed E-state index contributed by atoms with van der Waals surface area (Å²) in [4.78, 5) is 14.9. The number of hydrogen-bond acceptors (Lipinski definition) is 5. The predicted molar refractivity (Wildman–Crippen MR) is 137 cm³/mol. The van der Waals surface area contributed by atoms with E-state index >= 15 is 0 Å². The lowest BCUT2D eigenvalue weighted by atomic mass is 10.3. The maximum atomic E-state index is 4.01. The van der Waals surface area contributed by atoms with Gasteiger partial charge in [0, 0.05) is 6.04 Å². The van der Waals surface area contributed by atoms with Crippen molar-refractivity contribution in [1.82, 2.24) is 24.5 Å². The third kappa shape index (κ3) is 6.39. The van der Waals surface area contributed by atoms with E-state index in [0.717, 1.165) is 30.2 Å². The molecule has 0 amide bonds. The molecule has 178 valence electrons. The zero-order valence-electron chi connectivity index (χ0n) is 21.1. The van der Waals surface area contributed by atoms with E-state index in [1.165, 1.54) is 77.0 Å². The Morgan fingerprint density at radius 1 is 0.700 bits per heavy atom. The first-order valence-corrected chi connectivity index (χ1v) is 17.7. The lowest BCUT2D eigenvalue weighted by molar-refractivity contribution is 0.358. The smallest absolute Gasteiger partial charge is 0.280 e. The standard InChI is InChI=1S/C14H30N2Si.C9H23N3Si/c1-3-15-17(16-4-2,13-9-5-6-10-13)14-11-7-8-12-14;1-10-13(4,11-2)12(3)9-7-5-6-8-9/h13-16H,3-12H2,1-2H3;9-11H,5-8H2,1-4H3. The van der Waals surface area contributed by atoms with Crippen LogP contribution in [0.3, 0.4) is 0 Å². The predicted octanol–water partition coefficient (Wildman–Crippen LogP) is 4.40. The van der Waals surface area contributed by atoms with Gasteiger partial charge in [-0.2, -0.15) is 0 Å². The van der Waals surface area contributed by atoms with Crippen molar-refractivity contribution in [2.45, 2.75) is 115 Å². The lowest BCUT2D eigenvalue weighted by Crippen LogP contribution is -2.70. The third-order valence-electron chi connectivity index (χ3n) is 8.49. The Bertz CT molecular complexity index is 433. The van der Waals surface area contributed by atoms with E-state index in [-0.39, 0.29) is 0 Å². The normalized spacial score (nSPS) is 22.1. The number of rotatable bonds is 10. The Morgan fingerprint density at radius 3 is 1.40 bits per heavy atom. The number of nitrogens with one attached hydrogen (secondary N) is 4. The summed E-state index contributed by atoms with van der Waals surface area (Å²) in [7, 11) is 3.42. The summed E-state index contributed by atoms with van der Waals surface area (Å²) < 4.78 is 2.56. The van der Waals surface area contributed by atoms with E-state index < -0.39 is 17.0 Å². The van der Waals surface area contributed by atoms with Gasteiger partial charge in [-0.1, -0.05) is 78.1 Å². The molecule has 30 heavy (non-hydrogen) atoms. The number of hydrogen-bond donors (Lipinski definition) is 4. The first-order valence-electron chi connectivity index (χ1n) is 13.1. The Balaban J connectivity index is 0.000000222. The van der Waals surface area contributed by atoms with Crippen LogP contribution in [0.5, 0.6) is 0 Å². The summed E-state index contributed by atoms with van der Waals surface area (Å²) >= 11 is 0. The van der Waals surface area contributed by atoms with Gasteiger partial charge in [-0.3, -0.25) is 4.57 Å². The molecule has 4 N–H and O–H groups in total. The van der Waals surface area contributed by atoms with E-state index in [9.17, 15) is 0 Å². The van der Waals surface area contributed by atoms with Gasteiger partial charge in [-0.05, 0) is 64.7 Å². The third-order valence-corrected chi connectivity index (χ3v) is 17.8. The first-order chi connectivity index (χ1) is 14.5. The van der Waals surface area contributed by atoms with E-state index in [2.05, 4.69) is 66.0 Å². The fourth-order valence-corrected chi connectivity index (χ4v) is 14.2. The molecule has 0 aromatic carbocycles. The summed E-state index contributed by atoms with van der Waals surface area (Å²) in [5, 5.41) is 0. The molecular weight excluding hydrogens is 402 g/mol. The molecule has 0 radical (unpaired) electrons. The van der Waals surface area contributed by atoms with Gasteiger partial charge in [0.2, 0.25) is 8.40 Å². The molecule has 3 aliphatic rings. The quantitative estimate of drug-likeness (QED) is 0.368. The minimum Gasteiger partial charge on any atom is -0.325 e. The number of nitrogens with zero attached hydrogens (tertiary/aromatic N) is 1. The van der Waals surface area contributed by atoms with Crippen molar-refractivity contribution in [2.75, 3.05) is 34.2 Å². The van der Waals surface area contributed by atoms with Gasteiger partial charge in [0.1, 0.15) is 0 Å². The van der Waals surface area contributed by atoms with Crippen molar-refractivity contribution in [1.29, 1.82) is 0 Å². The monoisotopic (exact) mass is 455 g/mol. The summed E-state index contributed by atoms with van der Waals surface area (Å²) in [6.45, 7) is 9.23. The van der Waals surface area contributed by atoms with E-state index in [1.807, 2.05) is 0 Å². The SMILES string of the molecule is CCN[Si](NCC)(C1CCCC1)C1CCCC1.CN[Si](C)(NC)N(C)C1CCCC1. The molecule has 0 heterocycles. The van der Waals surface area contributed by atoms with Gasteiger partial charge in [0.25, 0.3) is 8.56 Å². The van der Waals surface area contributed by atoms with Crippen LogP contribution >= 0.6 is 0 Å². The van der Waals surface area contributed by atoms with Crippen molar-refractivity contribution in [3.05, 3.63) is 0 Å². The van der Waals surface area contributed by atoms with Crippen LogP contribution in [-0.2, 0) is 0 Å². The zero-order chi connectivity index (χ0) is 22.0. The summed E-state index contributed by atoms with van der Waals surface area (Å²) in [6.07, 6.45) is 17.4. The second-order valence-electron chi connectivity index (χ2n) is 10.0. The van der Waals surface area contributed by atoms with Crippen molar-refractivity contribution in [2.24, 2.45) is 0 Å². The van der Waals surface area contributed by atoms with Crippen molar-refractivity contribution >= 4 is 17.0 Å². The van der Waals surface area contributed by atoms with Gasteiger partial charge in [-0.25, -0.2) is 0 Å². The Labute approximate surface area is 190 Å². The maximum Gasteiger partial charge on any atom is 0.280 e. The van der Waals surface area contributed by atoms with E-state index in [4.69, 9.17) is 0 Å². The van der Waals surface area contributed by atoms with Gasteiger partial charge in [-0.15, -0.1) is 0 Å². The molecule has 0 unspecified atom stereocenters. The molecule has 3 fully saturated rings. The zero-order valence-corrected chi connectivity index (χ0v) is 23.1. The highest BCUT2D eigenvalue weighted by molar-refractivity contribution is 6.78. The van der Waals surface area contributed by atoms with Gasteiger partial charge >= 0.3 is 0 Å². The molecule has 0 aromatic rings. The molecular formula is C23H53N5Si2. The molecule has 0 aromatic heterocycles. The summed E-state index contributed by atoms with van der Waals surface area (Å²) in [5.74, 6) is 0. The van der Waals surface area contributed by atoms with Crippen LogP contribution in [0.2, 0.25) is 17.6 Å². The summed E-state index contributed by atoms with van der Waals surface area (Å²) in [5.41, 5.74) is 2.01. The molecule has 5 nitrogen and oxygen atoms in total. The highest BCUT2D eigenvalue weighted by atomic mass is 28.4. The fraction of sp³-hybridized carbons (Fsp3) is 1.00. The highest BCUT2D eigenvalue weighted by Gasteiger charge is 2.48. The maximum absolute atomic E-state index is 4.01. The van der Waals surface area contributed by atoms with Crippen molar-refractivity contribution < 1.29 is 0 Å². The van der Waals surface area contributed by atoms with Gasteiger partial charge in [0.05, 0.1) is 0 Å². The van der Waals surface area contributed by atoms with Crippen LogP contribution in [0.4, 0.5) is 0 Å². The van der Waals surface area contributed by atoms with E-state index in [1.54, 1.807) is 0 Å². The minimum atomic E-state index is -1.53. The van der Waals surface area contributed by atoms with E-state index in [0.29, 0.717) is 0 Å². The molecule has 0 spiro atoms. The van der Waals surface area contributed by atoms with Crippen LogP contribution < -0.4 is 19.9 Å². The average molecular weight is 456 g/mol. The summed E-state index contributed by atoms with van der Waals surface area (Å²) in [6, 6.07) is 0.802. The topological polar surface area (TPSA) is 51.4 Å². The van der Waals surface area contributed by atoms with Gasteiger partial charge in [0.15, 0.2) is 0 Å². The Kier molecular flexibility index (Phi) is 11.5. The van der Waals surface area contributed by atoms with Gasteiger partial charge < -0.3 is 19.9 Å². The average Bonchev–Trinajstić information content (AvgIpc) is 3.55. The molecule has 0 saturated heterocycles. The molecule has 0 aliphatic heterocycles. The second-order valence-corrected chi connectivity index (χ2v) is 17.9. The highest BCUT2D eigenvalue weighted by Crippen LogP contribution is 2.47. The Morgan fingerprint density at radius 2 is 1.07 bits per heavy atom. The largest absolute Gasteiger partial charge is 0.325 e. The van der Waals surface area contributed by atoms with Crippen LogP contribution in [-0.4, -0.2) is 61.8 Å². The fourth-order valence-electron chi connectivity index (χ4n) is 6.45. The minimum absolute atomic E-state index is 0.802. The molecule has 3 saturated carbocycles. The molecule has 7 heteroatoms. The Hall–Kier alpha value is 0.234. The van der Waals surface area contributed by atoms with Crippen LogP contribution in [0, 0.1) is 0 Å². The van der Waals surface area contributed by atoms with Crippen molar-refractivity contribution in [3.8, 4) is 0 Å². The molecule has 3 aliphatic carbocycles. The van der Waals surface area contributed by atoms with Crippen LogP contribution in [0.15, 0.2) is 0 Å². The van der Waals surface area contributed by atoms with Crippen LogP contribution in [0.25, 0.3) is 0 Å². The molecule has 3 rings (SSSR count). The molecule has 0 atom stereocenters. The van der Waals surface area contributed by atoms with Crippen LogP contribution in [0.1, 0.15) is 90.9 Å². The van der Waals surface area contributed by atoms with Crippen molar-refractivity contribution in [3.63, 3.8) is 0 Å².